The van der Waals surface area contributed by atoms with E-state index < -0.39 is 0 Å². The van der Waals surface area contributed by atoms with Crippen LogP contribution in [0.1, 0.15) is 27.0 Å². The van der Waals surface area contributed by atoms with Gasteiger partial charge in [-0.05, 0) is 79.9 Å². The number of carbonyl (C=O) groups excluding carboxylic acids is 1. The van der Waals surface area contributed by atoms with E-state index >= 15 is 0 Å². The van der Waals surface area contributed by atoms with E-state index in [-0.39, 0.29) is 17.1 Å². The second-order valence-corrected chi connectivity index (χ2v) is 9.38. The van der Waals surface area contributed by atoms with E-state index in [9.17, 15) is 9.59 Å². The van der Waals surface area contributed by atoms with E-state index in [4.69, 9.17) is 4.74 Å². The minimum absolute atomic E-state index is 0.0279. The molecule has 8 heteroatoms. The molecule has 2 heterocycles. The SMILES string of the molecule is COc1ccc(-n2c(=O)c3ccccc3n3c(SCC(=O)c4cc(C)c(C)cc4C)nnc23)cc1. The van der Waals surface area contributed by atoms with Gasteiger partial charge in [0.1, 0.15) is 5.75 Å². The van der Waals surface area contributed by atoms with Crippen molar-refractivity contribution in [3.63, 3.8) is 0 Å². The van der Waals surface area contributed by atoms with Crippen molar-refractivity contribution in [1.29, 1.82) is 0 Å². The molecule has 0 N–H and O–H groups in total. The number of hydrogen-bond acceptors (Lipinski definition) is 6. The first kappa shape index (κ1) is 22.9. The smallest absolute Gasteiger partial charge is 0.267 e. The van der Waals surface area contributed by atoms with Crippen molar-refractivity contribution in [2.75, 3.05) is 12.9 Å². The summed E-state index contributed by atoms with van der Waals surface area (Å²) in [5.41, 5.74) is 5.09. The Kier molecular flexibility index (Phi) is 5.90. The number of aryl methyl sites for hydroxylation is 3. The van der Waals surface area contributed by atoms with Crippen molar-refractivity contribution < 1.29 is 9.53 Å². The maximum atomic E-state index is 13.4. The molecule has 0 spiro atoms. The Labute approximate surface area is 206 Å². The number of carbonyl (C=O) groups is 1. The number of rotatable bonds is 6. The lowest BCUT2D eigenvalue weighted by Gasteiger charge is -2.12. The highest BCUT2D eigenvalue weighted by molar-refractivity contribution is 7.99. The fraction of sp³-hybridized carbons (Fsp3) is 0.185. The first-order valence-corrected chi connectivity index (χ1v) is 12.1. The van der Waals surface area contributed by atoms with Gasteiger partial charge in [0.15, 0.2) is 10.9 Å². The molecule has 35 heavy (non-hydrogen) atoms. The van der Waals surface area contributed by atoms with Crippen LogP contribution in [0.15, 0.2) is 70.6 Å². The van der Waals surface area contributed by atoms with Crippen LogP contribution in [0, 0.1) is 20.8 Å². The predicted octanol–water partition coefficient (Wildman–Crippen LogP) is 4.94. The van der Waals surface area contributed by atoms with Gasteiger partial charge in [-0.15, -0.1) is 10.2 Å². The molecule has 176 valence electrons. The molecule has 0 fully saturated rings. The van der Waals surface area contributed by atoms with Gasteiger partial charge in [-0.1, -0.05) is 30.0 Å². The van der Waals surface area contributed by atoms with Crippen LogP contribution >= 0.6 is 11.8 Å². The Hall–Kier alpha value is -3.91. The van der Waals surface area contributed by atoms with E-state index in [1.165, 1.54) is 16.3 Å². The molecule has 0 radical (unpaired) electrons. The van der Waals surface area contributed by atoms with Crippen LogP contribution in [0.5, 0.6) is 5.75 Å². The molecular weight excluding hydrogens is 460 g/mol. The highest BCUT2D eigenvalue weighted by Crippen LogP contribution is 2.25. The Morgan fingerprint density at radius 1 is 0.943 bits per heavy atom. The van der Waals surface area contributed by atoms with Gasteiger partial charge in [-0.2, -0.15) is 0 Å². The van der Waals surface area contributed by atoms with Gasteiger partial charge in [0, 0.05) is 5.56 Å². The van der Waals surface area contributed by atoms with Crippen LogP contribution in [0.4, 0.5) is 0 Å². The zero-order valence-corrected chi connectivity index (χ0v) is 20.7. The zero-order valence-electron chi connectivity index (χ0n) is 19.9. The molecular formula is C27H24N4O3S. The van der Waals surface area contributed by atoms with Crippen molar-refractivity contribution in [3.8, 4) is 11.4 Å². The van der Waals surface area contributed by atoms with E-state index in [0.29, 0.717) is 33.3 Å². The van der Waals surface area contributed by atoms with Gasteiger partial charge in [-0.3, -0.25) is 14.0 Å². The standard InChI is InChI=1S/C27H24N4O3S/c1-16-13-18(3)22(14-17(16)2)24(32)15-35-27-29-28-26-30(19-9-11-20(34-4)12-10-19)25(33)21-7-5-6-8-23(21)31(26)27/h5-14H,15H2,1-4H3. The number of hydrogen-bond donors (Lipinski definition) is 0. The van der Waals surface area contributed by atoms with Crippen molar-refractivity contribution in [1.82, 2.24) is 19.2 Å². The number of methoxy groups -OCH3 is 1. The van der Waals surface area contributed by atoms with Crippen molar-refractivity contribution in [2.45, 2.75) is 25.9 Å². The van der Waals surface area contributed by atoms with Gasteiger partial charge in [0.2, 0.25) is 5.78 Å². The van der Waals surface area contributed by atoms with Crippen LogP contribution in [0.3, 0.4) is 0 Å². The quantitative estimate of drug-likeness (QED) is 0.251. The molecule has 2 aromatic heterocycles. The number of ether oxygens (including phenoxy) is 1. The summed E-state index contributed by atoms with van der Waals surface area (Å²) in [6, 6.07) is 18.6. The van der Waals surface area contributed by atoms with Gasteiger partial charge >= 0.3 is 0 Å². The van der Waals surface area contributed by atoms with E-state index in [0.717, 1.165) is 22.3 Å². The van der Waals surface area contributed by atoms with Gasteiger partial charge in [-0.25, -0.2) is 4.57 Å². The fourth-order valence-corrected chi connectivity index (χ4v) is 5.03. The maximum Gasteiger partial charge on any atom is 0.267 e. The molecule has 0 saturated carbocycles. The van der Waals surface area contributed by atoms with Gasteiger partial charge in [0.25, 0.3) is 5.56 Å². The summed E-state index contributed by atoms with van der Waals surface area (Å²) >= 11 is 1.31. The Balaban J connectivity index is 1.60. The third kappa shape index (κ3) is 4.00. The van der Waals surface area contributed by atoms with E-state index in [1.54, 1.807) is 25.3 Å². The third-order valence-electron chi connectivity index (χ3n) is 6.20. The Morgan fingerprint density at radius 3 is 2.40 bits per heavy atom. The summed E-state index contributed by atoms with van der Waals surface area (Å²) < 4.78 is 8.63. The van der Waals surface area contributed by atoms with Crippen LogP contribution in [0.2, 0.25) is 0 Å². The average molecular weight is 485 g/mol. The lowest BCUT2D eigenvalue weighted by molar-refractivity contribution is 0.102. The van der Waals surface area contributed by atoms with Gasteiger partial charge in [0.05, 0.1) is 29.5 Å². The molecule has 0 amide bonds. The summed E-state index contributed by atoms with van der Waals surface area (Å²) in [6.07, 6.45) is 0. The van der Waals surface area contributed by atoms with Crippen LogP contribution in [0.25, 0.3) is 22.4 Å². The van der Waals surface area contributed by atoms with E-state index in [1.807, 2.05) is 67.6 Å². The molecule has 7 nitrogen and oxygen atoms in total. The lowest BCUT2D eigenvalue weighted by atomic mass is 9.99. The molecule has 0 bridgehead atoms. The topological polar surface area (TPSA) is 78.5 Å². The average Bonchev–Trinajstić information content (AvgIpc) is 3.29. The monoisotopic (exact) mass is 484 g/mol. The fourth-order valence-electron chi connectivity index (χ4n) is 4.20. The molecule has 3 aromatic carbocycles. The van der Waals surface area contributed by atoms with Crippen LogP contribution in [-0.2, 0) is 0 Å². The lowest BCUT2D eigenvalue weighted by Crippen LogP contribution is -2.21. The summed E-state index contributed by atoms with van der Waals surface area (Å²) in [5, 5.41) is 9.81. The van der Waals surface area contributed by atoms with E-state index in [2.05, 4.69) is 10.2 Å². The summed E-state index contributed by atoms with van der Waals surface area (Å²) in [7, 11) is 1.60. The van der Waals surface area contributed by atoms with Crippen molar-refractivity contribution in [2.24, 2.45) is 0 Å². The number of ketones is 1. The minimum Gasteiger partial charge on any atom is -0.497 e. The summed E-state index contributed by atoms with van der Waals surface area (Å²) in [4.78, 5) is 26.5. The normalized spacial score (nSPS) is 11.3. The largest absolute Gasteiger partial charge is 0.497 e. The summed E-state index contributed by atoms with van der Waals surface area (Å²) in [6.45, 7) is 6.01. The molecule has 0 aliphatic carbocycles. The predicted molar refractivity (Wildman–Crippen MR) is 138 cm³/mol. The molecule has 0 atom stereocenters. The van der Waals surface area contributed by atoms with Gasteiger partial charge < -0.3 is 4.74 Å². The molecule has 0 saturated heterocycles. The molecule has 0 aliphatic heterocycles. The first-order chi connectivity index (χ1) is 16.9. The minimum atomic E-state index is -0.191. The second-order valence-electron chi connectivity index (χ2n) is 8.44. The van der Waals surface area contributed by atoms with Crippen molar-refractivity contribution in [3.05, 3.63) is 93.3 Å². The number of benzene rings is 3. The van der Waals surface area contributed by atoms with Crippen LogP contribution < -0.4 is 10.3 Å². The maximum absolute atomic E-state index is 13.4. The number of Topliss-reactive ketones (excluding diaryl/α,β-unsaturated/α-hetero) is 1. The highest BCUT2D eigenvalue weighted by atomic mass is 32.2. The molecule has 0 unspecified atom stereocenters. The number of nitrogens with zero attached hydrogens (tertiary/aromatic N) is 4. The summed E-state index contributed by atoms with van der Waals surface area (Å²) in [5.74, 6) is 1.31. The first-order valence-electron chi connectivity index (χ1n) is 11.2. The zero-order chi connectivity index (χ0) is 24.7. The second kappa shape index (κ2) is 9.03. The molecule has 0 aliphatic rings. The number of fused-ring (bicyclic) bond motifs is 3. The number of para-hydroxylation sites is 1. The van der Waals surface area contributed by atoms with Crippen LogP contribution in [-0.4, -0.2) is 37.8 Å². The molecule has 5 aromatic rings. The number of aromatic nitrogens is 4. The number of thioether (sulfide) groups is 1. The third-order valence-corrected chi connectivity index (χ3v) is 7.13. The van der Waals surface area contributed by atoms with Crippen molar-refractivity contribution >= 4 is 34.2 Å². The highest BCUT2D eigenvalue weighted by Gasteiger charge is 2.19. The Bertz CT molecular complexity index is 1650. The molecule has 5 rings (SSSR count). The Morgan fingerprint density at radius 2 is 1.66 bits per heavy atom.